The van der Waals surface area contributed by atoms with Crippen molar-refractivity contribution in [3.63, 3.8) is 0 Å². The predicted octanol–water partition coefficient (Wildman–Crippen LogP) is 3.46. The molecule has 4 rings (SSSR count). The van der Waals surface area contributed by atoms with Gasteiger partial charge in [0.2, 0.25) is 0 Å². The van der Waals surface area contributed by atoms with E-state index in [0.717, 1.165) is 11.3 Å². The Labute approximate surface area is 174 Å². The van der Waals surface area contributed by atoms with Gasteiger partial charge in [0.25, 0.3) is 5.91 Å². The maximum Gasteiger partial charge on any atom is 0.254 e. The molecule has 0 aliphatic carbocycles. The van der Waals surface area contributed by atoms with Crippen LogP contribution >= 0.6 is 0 Å². The van der Waals surface area contributed by atoms with E-state index in [9.17, 15) is 9.18 Å². The van der Waals surface area contributed by atoms with Gasteiger partial charge in [0.1, 0.15) is 17.7 Å². The highest BCUT2D eigenvalue weighted by molar-refractivity contribution is 5.94. The lowest BCUT2D eigenvalue weighted by Gasteiger charge is -2.32. The number of morpholine rings is 1. The van der Waals surface area contributed by atoms with Crippen LogP contribution < -0.4 is 5.32 Å². The van der Waals surface area contributed by atoms with Gasteiger partial charge in [0.05, 0.1) is 18.8 Å². The zero-order valence-corrected chi connectivity index (χ0v) is 16.7. The summed E-state index contributed by atoms with van der Waals surface area (Å²) in [7, 11) is 1.77. The third-order valence-electron chi connectivity index (χ3n) is 5.15. The number of pyridine rings is 2. The van der Waals surface area contributed by atoms with Crippen molar-refractivity contribution in [3.8, 4) is 0 Å². The molecule has 154 valence electrons. The molecule has 0 bridgehead atoms. The molecule has 1 aromatic carbocycles. The van der Waals surface area contributed by atoms with Crippen LogP contribution in [-0.4, -0.2) is 47.5 Å². The minimum Gasteiger partial charge on any atom is -0.373 e. The standard InChI is InChI=1S/C23H23FN4O2/c1-25-22-13-18(8-9-26-22)23(29)28-10-11-30-21(15-28)20-7-6-16(14-27-20)12-17-4-2-3-5-19(17)24/h2-9,13-14,21H,10-12,15H2,1H3,(H,25,26)/t21-/m0/s1. The molecule has 1 aliphatic rings. The van der Waals surface area contributed by atoms with Gasteiger partial charge < -0.3 is 15.0 Å². The summed E-state index contributed by atoms with van der Waals surface area (Å²) in [5.41, 5.74) is 2.90. The second-order valence-electron chi connectivity index (χ2n) is 7.15. The van der Waals surface area contributed by atoms with E-state index < -0.39 is 0 Å². The minimum atomic E-state index is -0.296. The van der Waals surface area contributed by atoms with Gasteiger partial charge >= 0.3 is 0 Å². The molecule has 1 amide bonds. The van der Waals surface area contributed by atoms with Crippen molar-refractivity contribution in [1.82, 2.24) is 14.9 Å². The predicted molar refractivity (Wildman–Crippen MR) is 112 cm³/mol. The molecule has 1 fully saturated rings. The van der Waals surface area contributed by atoms with Gasteiger partial charge in [0, 0.05) is 38.0 Å². The van der Waals surface area contributed by atoms with Gasteiger partial charge in [-0.2, -0.15) is 0 Å². The number of hydrogen-bond acceptors (Lipinski definition) is 5. The van der Waals surface area contributed by atoms with Gasteiger partial charge in [-0.25, -0.2) is 9.37 Å². The van der Waals surface area contributed by atoms with E-state index in [1.807, 2.05) is 18.2 Å². The first-order valence-electron chi connectivity index (χ1n) is 9.87. The number of nitrogens with zero attached hydrogens (tertiary/aromatic N) is 3. The van der Waals surface area contributed by atoms with Crippen molar-refractivity contribution in [2.24, 2.45) is 0 Å². The van der Waals surface area contributed by atoms with E-state index in [2.05, 4.69) is 15.3 Å². The minimum absolute atomic E-state index is 0.0571. The van der Waals surface area contributed by atoms with Crippen LogP contribution in [0, 0.1) is 5.82 Å². The zero-order chi connectivity index (χ0) is 20.9. The summed E-state index contributed by atoms with van der Waals surface area (Å²) < 4.78 is 19.7. The molecule has 30 heavy (non-hydrogen) atoms. The molecule has 0 radical (unpaired) electrons. The molecule has 6 nitrogen and oxygen atoms in total. The highest BCUT2D eigenvalue weighted by Crippen LogP contribution is 2.23. The molecule has 2 aromatic heterocycles. The number of rotatable bonds is 5. The summed E-state index contributed by atoms with van der Waals surface area (Å²) in [5, 5.41) is 2.95. The highest BCUT2D eigenvalue weighted by Gasteiger charge is 2.27. The van der Waals surface area contributed by atoms with Crippen LogP contribution in [-0.2, 0) is 11.2 Å². The van der Waals surface area contributed by atoms with Crippen LogP contribution in [0.1, 0.15) is 33.3 Å². The van der Waals surface area contributed by atoms with Crippen molar-refractivity contribution < 1.29 is 13.9 Å². The molecule has 3 heterocycles. The Morgan fingerprint density at radius 1 is 1.23 bits per heavy atom. The van der Waals surface area contributed by atoms with E-state index in [4.69, 9.17) is 4.74 Å². The highest BCUT2D eigenvalue weighted by atomic mass is 19.1. The maximum atomic E-state index is 13.9. The lowest BCUT2D eigenvalue weighted by Crippen LogP contribution is -2.42. The van der Waals surface area contributed by atoms with E-state index in [1.165, 1.54) is 6.07 Å². The topological polar surface area (TPSA) is 67.4 Å². The van der Waals surface area contributed by atoms with Crippen LogP contribution in [0.3, 0.4) is 0 Å². The summed E-state index contributed by atoms with van der Waals surface area (Å²) in [6.45, 7) is 1.40. The maximum absolute atomic E-state index is 13.9. The van der Waals surface area contributed by atoms with Crippen LogP contribution in [0.4, 0.5) is 10.2 Å². The van der Waals surface area contributed by atoms with Crippen LogP contribution in [0.25, 0.3) is 0 Å². The SMILES string of the molecule is CNc1cc(C(=O)N2CCO[C@H](c3ccc(Cc4ccccc4F)cn3)C2)ccn1. The lowest BCUT2D eigenvalue weighted by atomic mass is 10.0. The van der Waals surface area contributed by atoms with Crippen molar-refractivity contribution >= 4 is 11.7 Å². The van der Waals surface area contributed by atoms with Gasteiger partial charge in [0.15, 0.2) is 0 Å². The summed E-state index contributed by atoms with van der Waals surface area (Å²) >= 11 is 0. The Balaban J connectivity index is 1.44. The van der Waals surface area contributed by atoms with Gasteiger partial charge in [-0.05, 0) is 35.4 Å². The summed E-state index contributed by atoms with van der Waals surface area (Å²) in [4.78, 5) is 23.3. The molecule has 0 saturated carbocycles. The fourth-order valence-corrected chi connectivity index (χ4v) is 3.49. The van der Waals surface area contributed by atoms with E-state index in [1.54, 1.807) is 48.6 Å². The average molecular weight is 406 g/mol. The number of aromatic nitrogens is 2. The number of ether oxygens (including phenoxy) is 1. The molecule has 1 saturated heterocycles. The normalized spacial score (nSPS) is 16.3. The quantitative estimate of drug-likeness (QED) is 0.703. The zero-order valence-electron chi connectivity index (χ0n) is 16.7. The number of amides is 1. The average Bonchev–Trinajstić information content (AvgIpc) is 2.81. The second kappa shape index (κ2) is 9.00. The summed E-state index contributed by atoms with van der Waals surface area (Å²) in [6.07, 6.45) is 3.54. The Morgan fingerprint density at radius 3 is 2.87 bits per heavy atom. The Kier molecular flexibility index (Phi) is 5.99. The molecular weight excluding hydrogens is 383 g/mol. The number of carbonyl (C=O) groups excluding carboxylic acids is 1. The molecule has 0 unspecified atom stereocenters. The molecule has 1 atom stereocenters. The van der Waals surface area contributed by atoms with Gasteiger partial charge in [-0.3, -0.25) is 9.78 Å². The van der Waals surface area contributed by atoms with Crippen LogP contribution in [0.2, 0.25) is 0 Å². The molecule has 1 N–H and O–H groups in total. The Bertz CT molecular complexity index is 1030. The molecular formula is C23H23FN4O2. The second-order valence-corrected chi connectivity index (χ2v) is 7.15. The molecule has 7 heteroatoms. The third kappa shape index (κ3) is 4.46. The van der Waals surface area contributed by atoms with Crippen LogP contribution in [0.5, 0.6) is 0 Å². The first-order chi connectivity index (χ1) is 14.6. The number of hydrogen-bond donors (Lipinski definition) is 1. The van der Waals surface area contributed by atoms with Gasteiger partial charge in [-0.15, -0.1) is 0 Å². The Morgan fingerprint density at radius 2 is 2.10 bits per heavy atom. The molecule has 0 spiro atoms. The first-order valence-corrected chi connectivity index (χ1v) is 9.87. The van der Waals surface area contributed by atoms with Crippen molar-refractivity contribution in [2.45, 2.75) is 12.5 Å². The van der Waals surface area contributed by atoms with Crippen molar-refractivity contribution in [2.75, 3.05) is 32.1 Å². The third-order valence-corrected chi connectivity index (χ3v) is 5.15. The first kappa shape index (κ1) is 20.0. The van der Waals surface area contributed by atoms with E-state index in [-0.39, 0.29) is 17.8 Å². The summed E-state index contributed by atoms with van der Waals surface area (Å²) in [5.74, 6) is 0.375. The smallest absolute Gasteiger partial charge is 0.254 e. The lowest BCUT2D eigenvalue weighted by molar-refractivity contribution is -0.0247. The van der Waals surface area contributed by atoms with Gasteiger partial charge in [-0.1, -0.05) is 24.3 Å². The fraction of sp³-hybridized carbons (Fsp3) is 0.261. The number of nitrogens with one attached hydrogen (secondary N) is 1. The summed E-state index contributed by atoms with van der Waals surface area (Å²) in [6, 6.07) is 14.0. The number of anilines is 1. The van der Waals surface area contributed by atoms with E-state index >= 15 is 0 Å². The molecule has 1 aliphatic heterocycles. The van der Waals surface area contributed by atoms with Crippen LogP contribution in [0.15, 0.2) is 60.9 Å². The van der Waals surface area contributed by atoms with Crippen molar-refractivity contribution in [1.29, 1.82) is 0 Å². The monoisotopic (exact) mass is 406 g/mol. The van der Waals surface area contributed by atoms with E-state index in [0.29, 0.717) is 43.1 Å². The number of carbonyl (C=O) groups is 1. The Hall–Kier alpha value is -3.32. The molecule has 3 aromatic rings. The number of benzene rings is 1. The number of halogens is 1. The van der Waals surface area contributed by atoms with Crippen molar-refractivity contribution in [3.05, 3.63) is 89.1 Å². The largest absolute Gasteiger partial charge is 0.373 e. The fourth-order valence-electron chi connectivity index (χ4n) is 3.49.